The smallest absolute Gasteiger partial charge is 0.251 e. The number of fused-ring (bicyclic) bond motifs is 1. The number of nitrogens with one attached hydrogen (secondary N) is 1. The molecular formula is C24H24ClN5O2. The SMILES string of the molecule is Cc1cc(C)c(-c2ccn3nc(N)nc3c2)cc1C(=O)NCC[C@H](O)c1ccc(Cl)cc1. The summed E-state index contributed by atoms with van der Waals surface area (Å²) < 4.78 is 1.61. The molecule has 164 valence electrons. The largest absolute Gasteiger partial charge is 0.388 e. The molecule has 0 aliphatic rings. The molecule has 4 rings (SSSR count). The van der Waals surface area contributed by atoms with Gasteiger partial charge in [0, 0.05) is 23.3 Å². The molecule has 2 heterocycles. The van der Waals surface area contributed by atoms with Gasteiger partial charge in [0.2, 0.25) is 5.95 Å². The number of hydrogen-bond donors (Lipinski definition) is 3. The molecule has 0 unspecified atom stereocenters. The highest BCUT2D eigenvalue weighted by molar-refractivity contribution is 6.30. The van der Waals surface area contributed by atoms with Gasteiger partial charge in [0.05, 0.1) is 6.10 Å². The minimum atomic E-state index is -0.676. The van der Waals surface area contributed by atoms with Crippen LogP contribution < -0.4 is 11.1 Å². The van der Waals surface area contributed by atoms with E-state index in [1.807, 2.05) is 38.1 Å². The van der Waals surface area contributed by atoms with Crippen LogP contribution in [0.3, 0.4) is 0 Å². The van der Waals surface area contributed by atoms with E-state index in [2.05, 4.69) is 15.4 Å². The van der Waals surface area contributed by atoms with Gasteiger partial charge in [-0.2, -0.15) is 4.98 Å². The second kappa shape index (κ2) is 8.98. The Morgan fingerprint density at radius 2 is 1.91 bits per heavy atom. The van der Waals surface area contributed by atoms with Crippen LogP contribution in [0.2, 0.25) is 5.02 Å². The van der Waals surface area contributed by atoms with Crippen molar-refractivity contribution in [2.24, 2.45) is 0 Å². The summed E-state index contributed by atoms with van der Waals surface area (Å²) in [4.78, 5) is 17.1. The Kier molecular flexibility index (Phi) is 6.12. The van der Waals surface area contributed by atoms with Crippen LogP contribution in [0, 0.1) is 13.8 Å². The van der Waals surface area contributed by atoms with Gasteiger partial charge in [0.25, 0.3) is 5.91 Å². The summed E-state index contributed by atoms with van der Waals surface area (Å²) in [5, 5.41) is 18.0. The number of pyridine rings is 1. The highest BCUT2D eigenvalue weighted by atomic mass is 35.5. The third-order valence-corrected chi connectivity index (χ3v) is 5.69. The first-order chi connectivity index (χ1) is 15.3. The monoisotopic (exact) mass is 449 g/mol. The van der Waals surface area contributed by atoms with Gasteiger partial charge < -0.3 is 16.2 Å². The highest BCUT2D eigenvalue weighted by Gasteiger charge is 2.15. The van der Waals surface area contributed by atoms with Crippen molar-refractivity contribution < 1.29 is 9.90 Å². The lowest BCUT2D eigenvalue weighted by molar-refractivity contribution is 0.0942. The van der Waals surface area contributed by atoms with E-state index in [0.717, 1.165) is 27.8 Å². The van der Waals surface area contributed by atoms with Gasteiger partial charge in [-0.25, -0.2) is 4.52 Å². The number of amides is 1. The van der Waals surface area contributed by atoms with Crippen LogP contribution in [0.4, 0.5) is 5.95 Å². The summed E-state index contributed by atoms with van der Waals surface area (Å²) >= 11 is 5.89. The number of aliphatic hydroxyl groups is 1. The quantitative estimate of drug-likeness (QED) is 0.411. The van der Waals surface area contributed by atoms with Crippen molar-refractivity contribution >= 4 is 29.1 Å². The molecule has 0 spiro atoms. The van der Waals surface area contributed by atoms with E-state index in [-0.39, 0.29) is 11.9 Å². The lowest BCUT2D eigenvalue weighted by Crippen LogP contribution is -2.26. The molecule has 0 radical (unpaired) electrons. The number of aryl methyl sites for hydroxylation is 2. The van der Waals surface area contributed by atoms with Gasteiger partial charge in [-0.05, 0) is 78.4 Å². The molecule has 0 saturated heterocycles. The van der Waals surface area contributed by atoms with E-state index in [1.165, 1.54) is 0 Å². The molecule has 2 aromatic carbocycles. The fourth-order valence-corrected chi connectivity index (χ4v) is 3.87. The molecule has 4 aromatic rings. The van der Waals surface area contributed by atoms with Gasteiger partial charge in [0.15, 0.2) is 5.65 Å². The average molecular weight is 450 g/mol. The molecule has 0 bridgehead atoms. The molecule has 7 nitrogen and oxygen atoms in total. The maximum atomic E-state index is 12.9. The number of carbonyl (C=O) groups is 1. The first-order valence-corrected chi connectivity index (χ1v) is 10.6. The molecule has 2 aromatic heterocycles. The Hall–Kier alpha value is -3.42. The summed E-state index contributed by atoms with van der Waals surface area (Å²) in [6, 6.07) is 14.7. The lowest BCUT2D eigenvalue weighted by atomic mass is 9.95. The van der Waals surface area contributed by atoms with Crippen molar-refractivity contribution in [1.29, 1.82) is 0 Å². The summed E-state index contributed by atoms with van der Waals surface area (Å²) in [5.41, 5.74) is 11.5. The second-order valence-electron chi connectivity index (χ2n) is 7.78. The van der Waals surface area contributed by atoms with Crippen LogP contribution in [0.25, 0.3) is 16.8 Å². The number of aromatic nitrogens is 3. The average Bonchev–Trinajstić information content (AvgIpc) is 3.13. The van der Waals surface area contributed by atoms with Gasteiger partial charge in [-0.15, -0.1) is 5.10 Å². The van der Waals surface area contributed by atoms with Gasteiger partial charge in [-0.3, -0.25) is 4.79 Å². The molecule has 32 heavy (non-hydrogen) atoms. The molecule has 0 aliphatic carbocycles. The van der Waals surface area contributed by atoms with E-state index in [4.69, 9.17) is 17.3 Å². The maximum absolute atomic E-state index is 12.9. The zero-order chi connectivity index (χ0) is 22.8. The minimum absolute atomic E-state index is 0.181. The van der Waals surface area contributed by atoms with Crippen molar-refractivity contribution in [3.63, 3.8) is 0 Å². The first kappa shape index (κ1) is 21.8. The van der Waals surface area contributed by atoms with Crippen molar-refractivity contribution in [2.75, 3.05) is 12.3 Å². The van der Waals surface area contributed by atoms with Crippen molar-refractivity contribution in [3.05, 3.63) is 82.0 Å². The fourth-order valence-electron chi connectivity index (χ4n) is 3.74. The number of nitrogen functional groups attached to an aromatic ring is 1. The Morgan fingerprint density at radius 3 is 2.66 bits per heavy atom. The Morgan fingerprint density at radius 1 is 1.16 bits per heavy atom. The molecular weight excluding hydrogens is 426 g/mol. The Labute approximate surface area is 190 Å². The number of aliphatic hydroxyl groups excluding tert-OH is 1. The molecule has 8 heteroatoms. The van der Waals surface area contributed by atoms with E-state index in [9.17, 15) is 9.90 Å². The minimum Gasteiger partial charge on any atom is -0.388 e. The van der Waals surface area contributed by atoms with Gasteiger partial charge >= 0.3 is 0 Å². The summed E-state index contributed by atoms with van der Waals surface area (Å²) in [6.45, 7) is 4.27. The van der Waals surface area contributed by atoms with Crippen LogP contribution in [-0.4, -0.2) is 32.2 Å². The number of nitrogens with two attached hydrogens (primary N) is 1. The fraction of sp³-hybridized carbons (Fsp3) is 0.208. The van der Waals surface area contributed by atoms with Crippen LogP contribution in [0.1, 0.15) is 39.6 Å². The maximum Gasteiger partial charge on any atom is 0.251 e. The van der Waals surface area contributed by atoms with E-state index in [0.29, 0.717) is 29.2 Å². The van der Waals surface area contributed by atoms with Crippen LogP contribution in [-0.2, 0) is 0 Å². The van der Waals surface area contributed by atoms with E-state index < -0.39 is 6.10 Å². The van der Waals surface area contributed by atoms with Crippen LogP contribution in [0.5, 0.6) is 0 Å². The summed E-state index contributed by atoms with van der Waals surface area (Å²) in [6.07, 6.45) is 1.52. The Bertz CT molecular complexity index is 1280. The topological polar surface area (TPSA) is 106 Å². The molecule has 4 N–H and O–H groups in total. The van der Waals surface area contributed by atoms with Crippen molar-refractivity contribution in [1.82, 2.24) is 19.9 Å². The standard InChI is InChI=1S/C24H24ClN5O2/c1-14-11-15(2)20(13-19(14)17-8-10-30-22(12-17)28-24(26)29-30)23(32)27-9-7-21(31)16-3-5-18(25)6-4-16/h3-6,8,10-13,21,31H,7,9H2,1-2H3,(H2,26,29)(H,27,32)/t21-/m0/s1. The summed E-state index contributed by atoms with van der Waals surface area (Å²) in [5.74, 6) is 0.0310. The second-order valence-corrected chi connectivity index (χ2v) is 8.22. The predicted octanol–water partition coefficient (Wildman–Crippen LogP) is 4.10. The van der Waals surface area contributed by atoms with Crippen LogP contribution in [0.15, 0.2) is 54.7 Å². The number of halogens is 1. The zero-order valence-electron chi connectivity index (χ0n) is 17.8. The molecule has 0 saturated carbocycles. The normalized spacial score (nSPS) is 12.1. The number of rotatable bonds is 6. The number of carbonyl (C=O) groups excluding carboxylic acids is 1. The predicted molar refractivity (Wildman–Crippen MR) is 126 cm³/mol. The molecule has 0 aliphatic heterocycles. The number of nitrogens with zero attached hydrogens (tertiary/aromatic N) is 3. The van der Waals surface area contributed by atoms with Crippen molar-refractivity contribution in [3.8, 4) is 11.1 Å². The number of anilines is 1. The summed E-state index contributed by atoms with van der Waals surface area (Å²) in [7, 11) is 0. The van der Waals surface area contributed by atoms with E-state index in [1.54, 1.807) is 35.0 Å². The Balaban J connectivity index is 1.50. The third-order valence-electron chi connectivity index (χ3n) is 5.44. The first-order valence-electron chi connectivity index (χ1n) is 10.3. The van der Waals surface area contributed by atoms with E-state index >= 15 is 0 Å². The molecule has 0 fully saturated rings. The number of benzene rings is 2. The lowest BCUT2D eigenvalue weighted by Gasteiger charge is -2.15. The third kappa shape index (κ3) is 4.59. The zero-order valence-corrected chi connectivity index (χ0v) is 18.6. The van der Waals surface area contributed by atoms with Crippen LogP contribution >= 0.6 is 11.6 Å². The molecule has 1 amide bonds. The highest BCUT2D eigenvalue weighted by Crippen LogP contribution is 2.28. The van der Waals surface area contributed by atoms with Gasteiger partial charge in [0.1, 0.15) is 0 Å². The molecule has 1 atom stereocenters. The number of hydrogen-bond acceptors (Lipinski definition) is 5. The van der Waals surface area contributed by atoms with Gasteiger partial charge in [-0.1, -0.05) is 29.8 Å². The van der Waals surface area contributed by atoms with Crippen molar-refractivity contribution in [2.45, 2.75) is 26.4 Å².